The first kappa shape index (κ1) is 20.3. The number of benzene rings is 1. The number of aliphatic hydroxyl groups is 1. The standard InChI is InChI=1S/C19H27BN3O3/c1-17(2,3)15(24)23-16-21-11-12-10-13(8-9-14(12)22-16)20-26-19(6,7)18(4,5)25/h8-11,25H,1-7H3,(H,21,22,23,24). The van der Waals surface area contributed by atoms with Crippen LogP contribution >= 0.6 is 0 Å². The summed E-state index contributed by atoms with van der Waals surface area (Å²) in [7, 11) is 1.62. The van der Waals surface area contributed by atoms with E-state index in [1.165, 1.54) is 0 Å². The summed E-state index contributed by atoms with van der Waals surface area (Å²) in [5.41, 5.74) is -0.668. The van der Waals surface area contributed by atoms with Crippen LogP contribution in [-0.2, 0) is 9.45 Å². The number of aromatic nitrogens is 2. The van der Waals surface area contributed by atoms with Crippen LogP contribution in [-0.4, -0.2) is 39.7 Å². The lowest BCUT2D eigenvalue weighted by atomic mass is 9.82. The highest BCUT2D eigenvalue weighted by molar-refractivity contribution is 6.47. The third kappa shape index (κ3) is 4.80. The fraction of sp³-hybridized carbons (Fsp3) is 0.526. The van der Waals surface area contributed by atoms with Gasteiger partial charge in [-0.3, -0.25) is 10.1 Å². The van der Waals surface area contributed by atoms with E-state index < -0.39 is 16.6 Å². The van der Waals surface area contributed by atoms with Gasteiger partial charge < -0.3 is 9.76 Å². The number of nitrogens with zero attached hydrogens (tertiary/aromatic N) is 2. The second-order valence-corrected chi connectivity index (χ2v) is 8.52. The molecule has 0 aliphatic carbocycles. The summed E-state index contributed by atoms with van der Waals surface area (Å²) in [5, 5.41) is 13.7. The Bertz CT molecular complexity index is 808. The molecule has 2 rings (SSSR count). The van der Waals surface area contributed by atoms with Crippen LogP contribution in [0.15, 0.2) is 24.4 Å². The number of fused-ring (bicyclic) bond motifs is 1. The number of anilines is 1. The molecule has 0 spiro atoms. The Morgan fingerprint density at radius 3 is 2.38 bits per heavy atom. The lowest BCUT2D eigenvalue weighted by Crippen LogP contribution is -2.49. The topological polar surface area (TPSA) is 84.3 Å². The van der Waals surface area contributed by atoms with Gasteiger partial charge in [0.05, 0.1) is 16.7 Å². The first-order valence-corrected chi connectivity index (χ1v) is 8.61. The molecule has 26 heavy (non-hydrogen) atoms. The molecule has 2 aromatic rings. The second kappa shape index (κ2) is 6.97. The monoisotopic (exact) mass is 356 g/mol. The van der Waals surface area contributed by atoms with Crippen molar-refractivity contribution < 1.29 is 14.6 Å². The zero-order valence-corrected chi connectivity index (χ0v) is 16.5. The molecule has 7 heteroatoms. The minimum atomic E-state index is -0.983. The molecule has 0 aliphatic heterocycles. The number of carbonyl (C=O) groups excluding carboxylic acids is 1. The Hall–Kier alpha value is -1.99. The highest BCUT2D eigenvalue weighted by Crippen LogP contribution is 2.24. The summed E-state index contributed by atoms with van der Waals surface area (Å²) >= 11 is 0. The summed E-state index contributed by atoms with van der Waals surface area (Å²) in [4.78, 5) is 20.6. The summed E-state index contributed by atoms with van der Waals surface area (Å²) in [5.74, 6) is 0.151. The Kier molecular flexibility index (Phi) is 5.45. The molecule has 0 fully saturated rings. The molecule has 0 saturated heterocycles. The van der Waals surface area contributed by atoms with Gasteiger partial charge in [0.1, 0.15) is 0 Å². The molecule has 0 bridgehead atoms. The van der Waals surface area contributed by atoms with Gasteiger partial charge in [-0.15, -0.1) is 0 Å². The summed E-state index contributed by atoms with van der Waals surface area (Å²) in [6, 6.07) is 5.60. The van der Waals surface area contributed by atoms with Crippen molar-refractivity contribution in [2.45, 2.75) is 59.7 Å². The maximum Gasteiger partial charge on any atom is 0.330 e. The lowest BCUT2D eigenvalue weighted by Gasteiger charge is -2.37. The van der Waals surface area contributed by atoms with Gasteiger partial charge in [-0.2, -0.15) is 0 Å². The minimum Gasteiger partial charge on any atom is -0.427 e. The molecule has 1 aromatic carbocycles. The number of hydrogen-bond acceptors (Lipinski definition) is 5. The van der Waals surface area contributed by atoms with Gasteiger partial charge in [-0.05, 0) is 33.8 Å². The van der Waals surface area contributed by atoms with Crippen molar-refractivity contribution in [3.63, 3.8) is 0 Å². The second-order valence-electron chi connectivity index (χ2n) is 8.52. The first-order valence-electron chi connectivity index (χ1n) is 8.61. The van der Waals surface area contributed by atoms with Gasteiger partial charge in [0, 0.05) is 17.0 Å². The Morgan fingerprint density at radius 2 is 1.81 bits per heavy atom. The number of rotatable bonds is 5. The molecular weight excluding hydrogens is 329 g/mol. The van der Waals surface area contributed by atoms with Crippen LogP contribution in [0.1, 0.15) is 48.5 Å². The van der Waals surface area contributed by atoms with Gasteiger partial charge in [-0.25, -0.2) is 9.97 Å². The first-order chi connectivity index (χ1) is 11.8. The molecule has 1 amide bonds. The van der Waals surface area contributed by atoms with E-state index in [9.17, 15) is 9.90 Å². The average Bonchev–Trinajstić information content (AvgIpc) is 2.51. The molecule has 6 nitrogen and oxygen atoms in total. The van der Waals surface area contributed by atoms with Crippen molar-refractivity contribution in [2.75, 3.05) is 5.32 Å². The van der Waals surface area contributed by atoms with E-state index in [0.717, 1.165) is 16.4 Å². The van der Waals surface area contributed by atoms with Crippen LogP contribution in [0.2, 0.25) is 0 Å². The predicted molar refractivity (Wildman–Crippen MR) is 104 cm³/mol. The zero-order valence-electron chi connectivity index (χ0n) is 16.5. The van der Waals surface area contributed by atoms with Crippen LogP contribution < -0.4 is 10.8 Å². The Balaban J connectivity index is 2.15. The normalized spacial score (nSPS) is 12.9. The van der Waals surface area contributed by atoms with Crippen LogP contribution in [0.4, 0.5) is 5.95 Å². The maximum atomic E-state index is 12.1. The summed E-state index contributed by atoms with van der Waals surface area (Å²) in [6.45, 7) is 12.6. The van der Waals surface area contributed by atoms with E-state index in [-0.39, 0.29) is 11.9 Å². The maximum absolute atomic E-state index is 12.1. The van der Waals surface area contributed by atoms with Crippen molar-refractivity contribution in [1.29, 1.82) is 0 Å². The van der Waals surface area contributed by atoms with Gasteiger partial charge in [0.25, 0.3) is 0 Å². The predicted octanol–water partition coefficient (Wildman–Crippen LogP) is 2.42. The van der Waals surface area contributed by atoms with Crippen molar-refractivity contribution in [3.05, 3.63) is 24.4 Å². The molecule has 2 N–H and O–H groups in total. The Labute approximate surface area is 155 Å². The number of hydrogen-bond donors (Lipinski definition) is 2. The third-order valence-electron chi connectivity index (χ3n) is 4.47. The van der Waals surface area contributed by atoms with Gasteiger partial charge in [0.2, 0.25) is 11.9 Å². The lowest BCUT2D eigenvalue weighted by molar-refractivity contribution is -0.123. The van der Waals surface area contributed by atoms with Crippen LogP contribution in [0.3, 0.4) is 0 Å². The van der Waals surface area contributed by atoms with Gasteiger partial charge in [0.15, 0.2) is 0 Å². The molecule has 1 aromatic heterocycles. The number of amides is 1. The van der Waals surface area contributed by atoms with E-state index >= 15 is 0 Å². The zero-order chi connectivity index (χ0) is 19.8. The summed E-state index contributed by atoms with van der Waals surface area (Å²) < 4.78 is 5.77. The van der Waals surface area contributed by atoms with E-state index in [2.05, 4.69) is 15.3 Å². The highest BCUT2D eigenvalue weighted by Gasteiger charge is 2.35. The summed E-state index contributed by atoms with van der Waals surface area (Å²) in [6.07, 6.45) is 1.67. The van der Waals surface area contributed by atoms with E-state index in [0.29, 0.717) is 0 Å². The van der Waals surface area contributed by atoms with Crippen LogP contribution in [0, 0.1) is 5.41 Å². The molecule has 0 atom stereocenters. The SMILES string of the molecule is CC(C)(C)C(=O)Nc1ncc2cc([B]OC(C)(C)C(C)(C)O)ccc2n1. The quantitative estimate of drug-likeness (QED) is 0.804. The van der Waals surface area contributed by atoms with Crippen molar-refractivity contribution in [3.8, 4) is 0 Å². The highest BCUT2D eigenvalue weighted by atomic mass is 16.5. The molecule has 0 unspecified atom stereocenters. The number of nitrogens with one attached hydrogen (secondary N) is 1. The van der Waals surface area contributed by atoms with Crippen molar-refractivity contribution >= 4 is 35.7 Å². The largest absolute Gasteiger partial charge is 0.427 e. The van der Waals surface area contributed by atoms with Crippen molar-refractivity contribution in [1.82, 2.24) is 9.97 Å². The molecule has 139 valence electrons. The molecule has 0 aliphatic rings. The average molecular weight is 356 g/mol. The van der Waals surface area contributed by atoms with Crippen LogP contribution in [0.25, 0.3) is 10.9 Å². The molecule has 0 saturated carbocycles. The smallest absolute Gasteiger partial charge is 0.330 e. The molecular formula is C19H27BN3O3. The third-order valence-corrected chi connectivity index (χ3v) is 4.47. The van der Waals surface area contributed by atoms with Gasteiger partial charge in [-0.1, -0.05) is 38.4 Å². The van der Waals surface area contributed by atoms with Crippen molar-refractivity contribution in [2.24, 2.45) is 5.41 Å². The number of carbonyl (C=O) groups is 1. The van der Waals surface area contributed by atoms with E-state index in [1.807, 2.05) is 52.8 Å². The fourth-order valence-corrected chi connectivity index (χ4v) is 1.83. The van der Waals surface area contributed by atoms with Crippen LogP contribution in [0.5, 0.6) is 0 Å². The fourth-order valence-electron chi connectivity index (χ4n) is 1.83. The minimum absolute atomic E-state index is 0.135. The van der Waals surface area contributed by atoms with Gasteiger partial charge >= 0.3 is 7.48 Å². The van der Waals surface area contributed by atoms with E-state index in [1.54, 1.807) is 27.5 Å². The molecule has 1 heterocycles. The molecule has 1 radical (unpaired) electrons. The van der Waals surface area contributed by atoms with E-state index in [4.69, 9.17) is 4.65 Å². The Morgan fingerprint density at radius 1 is 1.15 bits per heavy atom.